The van der Waals surface area contributed by atoms with Crippen molar-refractivity contribution >= 4 is 12.0 Å². The minimum Gasteiger partial charge on any atom is -0.410 e. The highest BCUT2D eigenvalue weighted by atomic mass is 19.3. The first-order chi connectivity index (χ1) is 12.8. The van der Waals surface area contributed by atoms with Gasteiger partial charge in [-0.05, 0) is 36.6 Å². The lowest BCUT2D eigenvalue weighted by molar-refractivity contribution is -0.144. The quantitative estimate of drug-likeness (QED) is 0.794. The van der Waals surface area contributed by atoms with Crippen LogP contribution in [-0.2, 0) is 4.79 Å². The Morgan fingerprint density at radius 3 is 2.67 bits per heavy atom. The van der Waals surface area contributed by atoms with E-state index in [-0.39, 0.29) is 24.1 Å². The molecule has 3 rings (SSSR count). The van der Waals surface area contributed by atoms with Crippen LogP contribution >= 0.6 is 0 Å². The molecule has 0 aliphatic carbocycles. The van der Waals surface area contributed by atoms with Crippen LogP contribution in [0.1, 0.15) is 31.7 Å². The van der Waals surface area contributed by atoms with E-state index in [4.69, 9.17) is 10.00 Å². The molecule has 2 aliphatic heterocycles. The normalized spacial score (nSPS) is 25.0. The standard InChI is InChI=1S/C19H21F2N3O3/c1-13-6-7-24(17(25)8-13)15-9-19(20,21)12-23(11-15)18(26)27-16-4-2-14(10-22)3-5-16/h2-5,13,15H,6-9,11-12H2,1H3/t13?,15-/m1/s1. The van der Waals surface area contributed by atoms with Crippen molar-refractivity contribution in [3.05, 3.63) is 29.8 Å². The zero-order chi connectivity index (χ0) is 19.6. The van der Waals surface area contributed by atoms with Crippen molar-refractivity contribution in [3.8, 4) is 11.8 Å². The van der Waals surface area contributed by atoms with Gasteiger partial charge in [0.25, 0.3) is 5.92 Å². The van der Waals surface area contributed by atoms with E-state index in [1.54, 1.807) is 0 Å². The van der Waals surface area contributed by atoms with Gasteiger partial charge in [-0.2, -0.15) is 5.26 Å². The van der Waals surface area contributed by atoms with Crippen LogP contribution in [0.3, 0.4) is 0 Å². The fraction of sp³-hybridized carbons (Fsp3) is 0.526. The number of hydrogen-bond acceptors (Lipinski definition) is 4. The molecule has 2 saturated heterocycles. The van der Waals surface area contributed by atoms with E-state index in [0.717, 1.165) is 11.3 Å². The third-order valence-electron chi connectivity index (χ3n) is 4.98. The summed E-state index contributed by atoms with van der Waals surface area (Å²) in [5, 5.41) is 8.78. The molecule has 0 bridgehead atoms. The molecule has 6 nitrogen and oxygen atoms in total. The van der Waals surface area contributed by atoms with Crippen LogP contribution in [0.5, 0.6) is 5.75 Å². The number of halogens is 2. The fourth-order valence-electron chi connectivity index (χ4n) is 3.57. The van der Waals surface area contributed by atoms with Crippen molar-refractivity contribution in [2.75, 3.05) is 19.6 Å². The monoisotopic (exact) mass is 377 g/mol. The molecule has 0 N–H and O–H groups in total. The first kappa shape index (κ1) is 19.1. The number of piperidine rings is 2. The highest BCUT2D eigenvalue weighted by molar-refractivity contribution is 5.78. The zero-order valence-corrected chi connectivity index (χ0v) is 15.0. The summed E-state index contributed by atoms with van der Waals surface area (Å²) < 4.78 is 33.6. The van der Waals surface area contributed by atoms with Gasteiger partial charge in [-0.3, -0.25) is 9.69 Å². The molecule has 2 aliphatic rings. The Labute approximate surface area is 156 Å². The van der Waals surface area contributed by atoms with Crippen LogP contribution in [0.2, 0.25) is 0 Å². The van der Waals surface area contributed by atoms with Crippen molar-refractivity contribution in [2.45, 2.75) is 38.2 Å². The van der Waals surface area contributed by atoms with Gasteiger partial charge in [0.2, 0.25) is 5.91 Å². The second kappa shape index (κ2) is 7.51. The third kappa shape index (κ3) is 4.54. The van der Waals surface area contributed by atoms with Gasteiger partial charge in [0.15, 0.2) is 0 Å². The summed E-state index contributed by atoms with van der Waals surface area (Å²) >= 11 is 0. The number of hydrogen-bond donors (Lipinski definition) is 0. The first-order valence-corrected chi connectivity index (χ1v) is 8.91. The molecule has 1 aromatic rings. The fourth-order valence-corrected chi connectivity index (χ4v) is 3.57. The number of carbonyl (C=O) groups excluding carboxylic acids is 2. The number of likely N-dealkylation sites (tertiary alicyclic amines) is 2. The number of nitrogens with zero attached hydrogens (tertiary/aromatic N) is 3. The number of nitriles is 1. The van der Waals surface area contributed by atoms with E-state index in [1.165, 1.54) is 29.2 Å². The van der Waals surface area contributed by atoms with Gasteiger partial charge in [-0.15, -0.1) is 0 Å². The molecule has 2 amide bonds. The topological polar surface area (TPSA) is 73.6 Å². The average Bonchev–Trinajstić information content (AvgIpc) is 2.61. The highest BCUT2D eigenvalue weighted by Gasteiger charge is 2.46. The molecule has 0 spiro atoms. The van der Waals surface area contributed by atoms with Crippen molar-refractivity contribution < 1.29 is 23.1 Å². The third-order valence-corrected chi connectivity index (χ3v) is 4.98. The van der Waals surface area contributed by atoms with Gasteiger partial charge in [-0.1, -0.05) is 6.92 Å². The molecule has 144 valence electrons. The molecule has 8 heteroatoms. The van der Waals surface area contributed by atoms with E-state index >= 15 is 0 Å². The average molecular weight is 377 g/mol. The minimum atomic E-state index is -3.09. The second-order valence-electron chi connectivity index (χ2n) is 7.28. The Balaban J connectivity index is 1.69. The molecule has 0 saturated carbocycles. The van der Waals surface area contributed by atoms with Crippen molar-refractivity contribution in [1.29, 1.82) is 5.26 Å². The van der Waals surface area contributed by atoms with Crippen molar-refractivity contribution in [1.82, 2.24) is 9.80 Å². The first-order valence-electron chi connectivity index (χ1n) is 8.91. The maximum atomic E-state index is 14.2. The molecule has 1 aromatic carbocycles. The number of amides is 2. The van der Waals surface area contributed by atoms with Crippen LogP contribution < -0.4 is 4.74 Å². The summed E-state index contributed by atoms with van der Waals surface area (Å²) in [5.74, 6) is -2.81. The summed E-state index contributed by atoms with van der Waals surface area (Å²) in [6.07, 6.45) is -0.225. The molecule has 1 unspecified atom stereocenters. The summed E-state index contributed by atoms with van der Waals surface area (Å²) in [7, 11) is 0. The molecule has 2 atom stereocenters. The number of benzene rings is 1. The molecule has 2 heterocycles. The summed E-state index contributed by atoms with van der Waals surface area (Å²) in [5.41, 5.74) is 0.400. The van der Waals surface area contributed by atoms with E-state index in [1.807, 2.05) is 13.0 Å². The van der Waals surface area contributed by atoms with Gasteiger partial charge in [-0.25, -0.2) is 13.6 Å². The van der Waals surface area contributed by atoms with E-state index in [9.17, 15) is 18.4 Å². The Kier molecular flexibility index (Phi) is 5.31. The minimum absolute atomic E-state index is 0.0187. The Morgan fingerprint density at radius 2 is 2.04 bits per heavy atom. The number of alkyl halides is 2. The van der Waals surface area contributed by atoms with Crippen molar-refractivity contribution in [3.63, 3.8) is 0 Å². The number of ether oxygens (including phenoxy) is 1. The van der Waals surface area contributed by atoms with Crippen LogP contribution in [0, 0.1) is 17.2 Å². The predicted molar refractivity (Wildman–Crippen MR) is 92.2 cm³/mol. The van der Waals surface area contributed by atoms with Crippen LogP contribution in [0.4, 0.5) is 13.6 Å². The van der Waals surface area contributed by atoms with Gasteiger partial charge >= 0.3 is 6.09 Å². The smallest absolute Gasteiger partial charge is 0.410 e. The number of rotatable bonds is 2. The van der Waals surface area contributed by atoms with Gasteiger partial charge in [0.1, 0.15) is 5.75 Å². The largest absolute Gasteiger partial charge is 0.415 e. The Hall–Kier alpha value is -2.69. The molecule has 0 radical (unpaired) electrons. The highest BCUT2D eigenvalue weighted by Crippen LogP contribution is 2.32. The lowest BCUT2D eigenvalue weighted by Crippen LogP contribution is -2.59. The van der Waals surface area contributed by atoms with Crippen LogP contribution in [-0.4, -0.2) is 53.4 Å². The Bertz CT molecular complexity index is 760. The predicted octanol–water partition coefficient (Wildman–Crippen LogP) is 3.03. The zero-order valence-electron chi connectivity index (χ0n) is 15.0. The maximum absolute atomic E-state index is 14.2. The summed E-state index contributed by atoms with van der Waals surface area (Å²) in [6.45, 7) is 1.67. The molecular formula is C19H21F2N3O3. The van der Waals surface area contributed by atoms with Gasteiger partial charge < -0.3 is 9.64 Å². The van der Waals surface area contributed by atoms with E-state index in [0.29, 0.717) is 18.5 Å². The molecule has 2 fully saturated rings. The number of carbonyl (C=O) groups is 2. The Morgan fingerprint density at radius 1 is 1.33 bits per heavy atom. The maximum Gasteiger partial charge on any atom is 0.415 e. The van der Waals surface area contributed by atoms with Gasteiger partial charge in [0.05, 0.1) is 24.2 Å². The van der Waals surface area contributed by atoms with Crippen LogP contribution in [0.25, 0.3) is 0 Å². The van der Waals surface area contributed by atoms with E-state index in [2.05, 4.69) is 0 Å². The summed E-state index contributed by atoms with van der Waals surface area (Å²) in [6, 6.07) is 7.05. The second-order valence-corrected chi connectivity index (χ2v) is 7.28. The molecular weight excluding hydrogens is 356 g/mol. The van der Waals surface area contributed by atoms with Gasteiger partial charge in [0, 0.05) is 25.9 Å². The molecule has 27 heavy (non-hydrogen) atoms. The lowest BCUT2D eigenvalue weighted by atomic mass is 9.94. The lowest BCUT2D eigenvalue weighted by Gasteiger charge is -2.44. The summed E-state index contributed by atoms with van der Waals surface area (Å²) in [4.78, 5) is 27.1. The SMILES string of the molecule is CC1CCN([C@H]2CN(C(=O)Oc3ccc(C#N)cc3)CC(F)(F)C2)C(=O)C1. The van der Waals surface area contributed by atoms with Crippen molar-refractivity contribution in [2.24, 2.45) is 5.92 Å². The van der Waals surface area contributed by atoms with Crippen LogP contribution in [0.15, 0.2) is 24.3 Å². The van der Waals surface area contributed by atoms with E-state index < -0.39 is 31.0 Å². The molecule has 0 aromatic heterocycles.